The molecular weight excluding hydrogens is 262 g/mol. The molecule has 19 heavy (non-hydrogen) atoms. The normalized spacial score (nSPS) is 16.9. The zero-order valence-corrected chi connectivity index (χ0v) is 11.1. The molecule has 0 radical (unpaired) electrons. The summed E-state index contributed by atoms with van der Waals surface area (Å²) in [6.07, 6.45) is 2.55. The summed E-state index contributed by atoms with van der Waals surface area (Å²) in [5.74, 6) is 0.767. The molecule has 0 spiro atoms. The van der Waals surface area contributed by atoms with E-state index in [1.165, 1.54) is 0 Å². The van der Waals surface area contributed by atoms with Crippen LogP contribution in [0.3, 0.4) is 0 Å². The fourth-order valence-corrected chi connectivity index (χ4v) is 2.48. The van der Waals surface area contributed by atoms with Gasteiger partial charge in [-0.1, -0.05) is 17.7 Å². The molecule has 4 nitrogen and oxygen atoms in total. The summed E-state index contributed by atoms with van der Waals surface area (Å²) in [5, 5.41) is 3.85. The first-order valence-electron chi connectivity index (χ1n) is 5.96. The molecule has 0 saturated carbocycles. The van der Waals surface area contributed by atoms with Crippen molar-refractivity contribution < 1.29 is 4.79 Å². The summed E-state index contributed by atoms with van der Waals surface area (Å²) >= 11 is 6.03. The fourth-order valence-electron chi connectivity index (χ4n) is 2.32. The van der Waals surface area contributed by atoms with E-state index in [1.807, 2.05) is 25.1 Å². The number of amides is 1. The summed E-state index contributed by atoms with van der Waals surface area (Å²) in [5.41, 5.74) is 2.55. The largest absolute Gasteiger partial charge is 0.338 e. The Bertz CT molecular complexity index is 644. The van der Waals surface area contributed by atoms with Crippen LogP contribution < -0.4 is 10.2 Å². The molecule has 0 aliphatic carbocycles. The number of carbonyl (C=O) groups is 1. The van der Waals surface area contributed by atoms with Gasteiger partial charge in [0.05, 0.1) is 17.4 Å². The molecule has 0 bridgehead atoms. The Labute approximate surface area is 116 Å². The molecule has 2 aromatic rings. The van der Waals surface area contributed by atoms with Crippen molar-refractivity contribution in [2.45, 2.75) is 13.0 Å². The number of anilines is 3. The van der Waals surface area contributed by atoms with Gasteiger partial charge >= 0.3 is 0 Å². The van der Waals surface area contributed by atoms with E-state index in [4.69, 9.17) is 11.6 Å². The van der Waals surface area contributed by atoms with Crippen molar-refractivity contribution >= 4 is 35.2 Å². The topological polar surface area (TPSA) is 45.2 Å². The number of pyridine rings is 1. The number of nitrogens with one attached hydrogen (secondary N) is 1. The number of hydrogen-bond acceptors (Lipinski definition) is 3. The van der Waals surface area contributed by atoms with Crippen molar-refractivity contribution in [1.82, 2.24) is 4.98 Å². The van der Waals surface area contributed by atoms with Crippen molar-refractivity contribution in [3.63, 3.8) is 0 Å². The Morgan fingerprint density at radius 3 is 3.05 bits per heavy atom. The van der Waals surface area contributed by atoms with Gasteiger partial charge in [0.2, 0.25) is 6.41 Å². The first-order chi connectivity index (χ1) is 9.20. The quantitative estimate of drug-likeness (QED) is 0.809. The van der Waals surface area contributed by atoms with Crippen LogP contribution in [0.2, 0.25) is 5.02 Å². The number of hydrogen-bond donors (Lipinski definition) is 1. The van der Waals surface area contributed by atoms with Gasteiger partial charge in [-0.15, -0.1) is 0 Å². The lowest BCUT2D eigenvalue weighted by molar-refractivity contribution is -0.107. The van der Waals surface area contributed by atoms with Gasteiger partial charge in [-0.3, -0.25) is 4.79 Å². The molecule has 1 unspecified atom stereocenters. The van der Waals surface area contributed by atoms with E-state index in [0.29, 0.717) is 5.02 Å². The Morgan fingerprint density at radius 2 is 2.26 bits per heavy atom. The third-order valence-corrected chi connectivity index (χ3v) is 3.55. The van der Waals surface area contributed by atoms with E-state index < -0.39 is 0 Å². The number of benzene rings is 1. The lowest BCUT2D eigenvalue weighted by Crippen LogP contribution is -2.24. The highest BCUT2D eigenvalue weighted by Gasteiger charge is 2.25. The lowest BCUT2D eigenvalue weighted by Gasteiger charge is -2.24. The standard InChI is InChI=1S/C14H12ClN3O/c1-9-11-3-2-6-16-14(11)17-12-5-4-10(15)7-13(12)18(9)8-19/h2-9H,1H3,(H,16,17). The van der Waals surface area contributed by atoms with Crippen LogP contribution in [0, 0.1) is 0 Å². The number of fused-ring (bicyclic) bond motifs is 2. The summed E-state index contributed by atoms with van der Waals surface area (Å²) < 4.78 is 0. The smallest absolute Gasteiger partial charge is 0.214 e. The minimum absolute atomic E-state index is 0.103. The van der Waals surface area contributed by atoms with Crippen LogP contribution >= 0.6 is 11.6 Å². The van der Waals surface area contributed by atoms with Gasteiger partial charge in [-0.2, -0.15) is 0 Å². The van der Waals surface area contributed by atoms with Gasteiger partial charge in [0, 0.05) is 16.8 Å². The maximum absolute atomic E-state index is 11.4. The van der Waals surface area contributed by atoms with Gasteiger partial charge < -0.3 is 10.2 Å². The third kappa shape index (κ3) is 1.94. The van der Waals surface area contributed by atoms with E-state index in [0.717, 1.165) is 29.2 Å². The Morgan fingerprint density at radius 1 is 1.42 bits per heavy atom. The maximum Gasteiger partial charge on any atom is 0.214 e. The number of aromatic nitrogens is 1. The summed E-state index contributed by atoms with van der Waals surface area (Å²) in [6, 6.07) is 9.14. The van der Waals surface area contributed by atoms with Crippen LogP contribution in [0.25, 0.3) is 0 Å². The van der Waals surface area contributed by atoms with Crippen LogP contribution in [-0.2, 0) is 4.79 Å². The molecule has 1 aliphatic rings. The van der Waals surface area contributed by atoms with E-state index in [1.54, 1.807) is 23.2 Å². The first-order valence-corrected chi connectivity index (χ1v) is 6.33. The molecular formula is C14H12ClN3O. The van der Waals surface area contributed by atoms with Crippen LogP contribution in [0.1, 0.15) is 18.5 Å². The molecule has 2 heterocycles. The molecule has 1 atom stereocenters. The van der Waals surface area contributed by atoms with Crippen molar-refractivity contribution in [2.24, 2.45) is 0 Å². The monoisotopic (exact) mass is 273 g/mol. The number of nitrogens with zero attached hydrogens (tertiary/aromatic N) is 2. The van der Waals surface area contributed by atoms with Gasteiger partial charge in [0.15, 0.2) is 0 Å². The molecule has 1 N–H and O–H groups in total. The van der Waals surface area contributed by atoms with Gasteiger partial charge in [-0.25, -0.2) is 4.98 Å². The minimum Gasteiger partial charge on any atom is -0.338 e. The zero-order valence-electron chi connectivity index (χ0n) is 10.3. The number of halogens is 1. The molecule has 0 fully saturated rings. The van der Waals surface area contributed by atoms with Crippen molar-refractivity contribution in [1.29, 1.82) is 0 Å². The molecule has 0 saturated heterocycles. The van der Waals surface area contributed by atoms with E-state index in [-0.39, 0.29) is 6.04 Å². The summed E-state index contributed by atoms with van der Waals surface area (Å²) in [4.78, 5) is 17.4. The second kappa shape index (κ2) is 4.55. The Hall–Kier alpha value is -2.07. The van der Waals surface area contributed by atoms with Gasteiger partial charge in [0.1, 0.15) is 5.82 Å². The van der Waals surface area contributed by atoms with Crippen molar-refractivity contribution in [2.75, 3.05) is 10.2 Å². The minimum atomic E-state index is -0.103. The van der Waals surface area contributed by atoms with Crippen LogP contribution in [0.4, 0.5) is 17.2 Å². The molecule has 96 valence electrons. The number of rotatable bonds is 1. The highest BCUT2D eigenvalue weighted by atomic mass is 35.5. The predicted octanol–water partition coefficient (Wildman–Crippen LogP) is 3.52. The van der Waals surface area contributed by atoms with Crippen molar-refractivity contribution in [3.8, 4) is 0 Å². The molecule has 5 heteroatoms. The molecule has 1 aromatic carbocycles. The highest BCUT2D eigenvalue weighted by molar-refractivity contribution is 6.31. The summed E-state index contributed by atoms with van der Waals surface area (Å²) in [6.45, 7) is 1.96. The zero-order chi connectivity index (χ0) is 13.4. The lowest BCUT2D eigenvalue weighted by atomic mass is 10.1. The van der Waals surface area contributed by atoms with Gasteiger partial charge in [0.25, 0.3) is 0 Å². The highest BCUT2D eigenvalue weighted by Crippen LogP contribution is 2.40. The van der Waals surface area contributed by atoms with E-state index in [9.17, 15) is 4.79 Å². The Balaban J connectivity index is 2.23. The second-order valence-corrected chi connectivity index (χ2v) is 4.85. The number of carbonyl (C=O) groups excluding carboxylic acids is 1. The Kier molecular flexibility index (Phi) is 2.87. The predicted molar refractivity (Wildman–Crippen MR) is 75.9 cm³/mol. The van der Waals surface area contributed by atoms with E-state index in [2.05, 4.69) is 10.3 Å². The molecule has 1 amide bonds. The molecule has 1 aliphatic heterocycles. The van der Waals surface area contributed by atoms with Crippen molar-refractivity contribution in [3.05, 3.63) is 47.1 Å². The second-order valence-electron chi connectivity index (χ2n) is 4.42. The maximum atomic E-state index is 11.4. The molecule has 3 rings (SSSR count). The van der Waals surface area contributed by atoms with Gasteiger partial charge in [-0.05, 0) is 31.2 Å². The van der Waals surface area contributed by atoms with Crippen LogP contribution in [-0.4, -0.2) is 11.4 Å². The fraction of sp³-hybridized carbons (Fsp3) is 0.143. The van der Waals surface area contributed by atoms with E-state index >= 15 is 0 Å². The van der Waals surface area contributed by atoms with Crippen LogP contribution in [0.5, 0.6) is 0 Å². The SMILES string of the molecule is CC1c2cccnc2Nc2ccc(Cl)cc2N1C=O. The van der Waals surface area contributed by atoms with Crippen LogP contribution in [0.15, 0.2) is 36.5 Å². The first kappa shape index (κ1) is 12.0. The average Bonchev–Trinajstić information content (AvgIpc) is 2.53. The third-order valence-electron chi connectivity index (χ3n) is 3.31. The molecule has 1 aromatic heterocycles. The average molecular weight is 274 g/mol. The summed E-state index contributed by atoms with van der Waals surface area (Å²) in [7, 11) is 0.